The highest BCUT2D eigenvalue weighted by atomic mass is 32.2. The Morgan fingerprint density at radius 1 is 1.43 bits per heavy atom. The zero-order chi connectivity index (χ0) is 16.3. The first-order valence-electron chi connectivity index (χ1n) is 7.31. The molecule has 0 spiro atoms. The van der Waals surface area contributed by atoms with E-state index in [4.69, 9.17) is 4.74 Å². The van der Waals surface area contributed by atoms with Gasteiger partial charge >= 0.3 is 6.09 Å². The average molecular weight is 321 g/mol. The first-order valence-corrected chi connectivity index (χ1v) is 9.38. The summed E-state index contributed by atoms with van der Waals surface area (Å²) in [5.41, 5.74) is -0.525. The molecule has 0 aromatic heterocycles. The van der Waals surface area contributed by atoms with Gasteiger partial charge in [-0.15, -0.1) is 0 Å². The van der Waals surface area contributed by atoms with Gasteiger partial charge in [0.2, 0.25) is 0 Å². The quantitative estimate of drug-likeness (QED) is 0.828. The molecule has 0 aliphatic carbocycles. The Morgan fingerprint density at radius 3 is 2.57 bits per heavy atom. The molecule has 1 aliphatic heterocycles. The van der Waals surface area contributed by atoms with E-state index in [0.717, 1.165) is 6.42 Å². The minimum atomic E-state index is -2.98. The molecule has 0 saturated carbocycles. The molecular weight excluding hydrogens is 294 g/mol. The van der Waals surface area contributed by atoms with Crippen LogP contribution in [0.25, 0.3) is 0 Å². The van der Waals surface area contributed by atoms with Crippen molar-refractivity contribution in [2.75, 3.05) is 25.1 Å². The first kappa shape index (κ1) is 18.2. The predicted molar refractivity (Wildman–Crippen MR) is 80.9 cm³/mol. The molecule has 1 N–H and O–H groups in total. The van der Waals surface area contributed by atoms with Gasteiger partial charge in [0.05, 0.1) is 6.10 Å². The number of sulfone groups is 1. The molecule has 0 radical (unpaired) electrons. The molecule has 124 valence electrons. The van der Waals surface area contributed by atoms with Gasteiger partial charge in [-0.25, -0.2) is 13.2 Å². The van der Waals surface area contributed by atoms with Gasteiger partial charge in [-0.3, -0.25) is 0 Å². The lowest BCUT2D eigenvalue weighted by atomic mass is 9.98. The Balaban J connectivity index is 2.38. The maximum Gasteiger partial charge on any atom is 0.410 e. The normalized spacial score (nSPS) is 21.4. The molecule has 6 nitrogen and oxygen atoms in total. The lowest BCUT2D eigenvalue weighted by Crippen LogP contribution is -2.36. The first-order chi connectivity index (χ1) is 9.48. The van der Waals surface area contributed by atoms with Crippen molar-refractivity contribution in [3.8, 4) is 0 Å². The number of aliphatic hydroxyl groups excluding tert-OH is 1. The number of carbonyl (C=O) groups excluding carboxylic acids is 1. The van der Waals surface area contributed by atoms with Gasteiger partial charge in [-0.05, 0) is 40.0 Å². The molecule has 2 atom stereocenters. The zero-order valence-corrected chi connectivity index (χ0v) is 14.1. The van der Waals surface area contributed by atoms with Crippen molar-refractivity contribution in [2.45, 2.75) is 51.7 Å². The fraction of sp³-hybridized carbons (Fsp3) is 0.929. The van der Waals surface area contributed by atoms with Gasteiger partial charge in [-0.1, -0.05) is 0 Å². The van der Waals surface area contributed by atoms with E-state index in [2.05, 4.69) is 0 Å². The summed E-state index contributed by atoms with van der Waals surface area (Å²) in [6.07, 6.45) is 1.88. The van der Waals surface area contributed by atoms with Crippen molar-refractivity contribution in [1.29, 1.82) is 0 Å². The van der Waals surface area contributed by atoms with E-state index in [-0.39, 0.29) is 17.8 Å². The van der Waals surface area contributed by atoms with E-state index < -0.39 is 21.5 Å². The van der Waals surface area contributed by atoms with Crippen LogP contribution in [0.2, 0.25) is 0 Å². The molecule has 1 saturated heterocycles. The van der Waals surface area contributed by atoms with Crippen molar-refractivity contribution >= 4 is 15.9 Å². The summed E-state index contributed by atoms with van der Waals surface area (Å²) in [4.78, 5) is 13.5. The zero-order valence-electron chi connectivity index (χ0n) is 13.3. The van der Waals surface area contributed by atoms with Crippen LogP contribution in [0, 0.1) is 5.92 Å². The van der Waals surface area contributed by atoms with E-state index in [1.54, 1.807) is 4.90 Å². The Labute approximate surface area is 127 Å². The second-order valence-electron chi connectivity index (χ2n) is 6.81. The van der Waals surface area contributed by atoms with Crippen molar-refractivity contribution in [2.24, 2.45) is 5.92 Å². The number of hydrogen-bond acceptors (Lipinski definition) is 5. The van der Waals surface area contributed by atoms with Crippen LogP contribution in [0.15, 0.2) is 0 Å². The Hall–Kier alpha value is -0.820. The summed E-state index contributed by atoms with van der Waals surface area (Å²) in [6, 6.07) is 0. The SMILES string of the molecule is CC(C)(C)OC(=O)N1CCC(C(O)CCCS(C)(=O)=O)C1. The Kier molecular flexibility index (Phi) is 6.04. The number of rotatable bonds is 5. The fourth-order valence-electron chi connectivity index (χ4n) is 2.38. The van der Waals surface area contributed by atoms with Gasteiger partial charge in [-0.2, -0.15) is 0 Å². The minimum absolute atomic E-state index is 0.00271. The van der Waals surface area contributed by atoms with Crippen molar-refractivity contribution in [1.82, 2.24) is 4.90 Å². The van der Waals surface area contributed by atoms with E-state index in [9.17, 15) is 18.3 Å². The molecule has 1 rings (SSSR count). The molecule has 1 amide bonds. The van der Waals surface area contributed by atoms with Gasteiger partial charge < -0.3 is 14.7 Å². The second-order valence-corrected chi connectivity index (χ2v) is 9.07. The van der Waals surface area contributed by atoms with Crippen LogP contribution in [0.3, 0.4) is 0 Å². The average Bonchev–Trinajstić information content (AvgIpc) is 2.73. The highest BCUT2D eigenvalue weighted by Gasteiger charge is 2.33. The molecule has 2 unspecified atom stereocenters. The van der Waals surface area contributed by atoms with Crippen molar-refractivity contribution < 1.29 is 23.1 Å². The van der Waals surface area contributed by atoms with Gasteiger partial charge in [0.25, 0.3) is 0 Å². The van der Waals surface area contributed by atoms with Crippen LogP contribution < -0.4 is 0 Å². The molecule has 0 aromatic rings. The summed E-state index contributed by atoms with van der Waals surface area (Å²) in [7, 11) is -2.98. The van der Waals surface area contributed by atoms with Crippen LogP contribution in [0.1, 0.15) is 40.0 Å². The van der Waals surface area contributed by atoms with Crippen LogP contribution in [-0.2, 0) is 14.6 Å². The second kappa shape index (κ2) is 6.96. The monoisotopic (exact) mass is 321 g/mol. The third-order valence-corrected chi connectivity index (χ3v) is 4.47. The predicted octanol–water partition coefficient (Wildman–Crippen LogP) is 1.43. The summed E-state index contributed by atoms with van der Waals surface area (Å²) in [5.74, 6) is 0.0871. The van der Waals surface area contributed by atoms with E-state index in [0.29, 0.717) is 25.9 Å². The number of likely N-dealkylation sites (tertiary alicyclic amines) is 1. The number of amides is 1. The lowest BCUT2D eigenvalue weighted by Gasteiger charge is -2.25. The van der Waals surface area contributed by atoms with Gasteiger partial charge in [0, 0.05) is 31.0 Å². The van der Waals surface area contributed by atoms with Gasteiger partial charge in [0.15, 0.2) is 0 Å². The molecule has 0 bridgehead atoms. The molecule has 0 aromatic carbocycles. The summed E-state index contributed by atoms with van der Waals surface area (Å²) >= 11 is 0. The Bertz CT molecular complexity index is 454. The standard InChI is InChI=1S/C14H27NO5S/c1-14(2,3)20-13(17)15-8-7-11(10-15)12(16)6-5-9-21(4,18)19/h11-12,16H,5-10H2,1-4H3. The molecule has 1 aliphatic rings. The van der Waals surface area contributed by atoms with E-state index in [1.807, 2.05) is 20.8 Å². The highest BCUT2D eigenvalue weighted by Crippen LogP contribution is 2.24. The largest absolute Gasteiger partial charge is 0.444 e. The number of carbonyl (C=O) groups is 1. The van der Waals surface area contributed by atoms with E-state index in [1.165, 1.54) is 6.26 Å². The molecular formula is C14H27NO5S. The number of ether oxygens (including phenoxy) is 1. The van der Waals surface area contributed by atoms with E-state index >= 15 is 0 Å². The topological polar surface area (TPSA) is 83.9 Å². The maximum absolute atomic E-state index is 11.9. The van der Waals surface area contributed by atoms with Crippen molar-refractivity contribution in [3.05, 3.63) is 0 Å². The summed E-state index contributed by atoms with van der Waals surface area (Å²) in [6.45, 7) is 6.49. The smallest absolute Gasteiger partial charge is 0.410 e. The third kappa shape index (κ3) is 7.13. The summed E-state index contributed by atoms with van der Waals surface area (Å²) in [5, 5.41) is 10.1. The van der Waals surface area contributed by atoms with Gasteiger partial charge in [0.1, 0.15) is 15.4 Å². The third-order valence-electron chi connectivity index (χ3n) is 3.44. The summed E-state index contributed by atoms with van der Waals surface area (Å²) < 4.78 is 27.4. The van der Waals surface area contributed by atoms with Crippen LogP contribution >= 0.6 is 0 Å². The fourth-order valence-corrected chi connectivity index (χ4v) is 3.08. The molecule has 1 fully saturated rings. The van der Waals surface area contributed by atoms with Crippen LogP contribution in [-0.4, -0.2) is 61.3 Å². The highest BCUT2D eigenvalue weighted by molar-refractivity contribution is 7.90. The maximum atomic E-state index is 11.9. The molecule has 21 heavy (non-hydrogen) atoms. The number of aliphatic hydroxyl groups is 1. The molecule has 1 heterocycles. The number of hydrogen-bond donors (Lipinski definition) is 1. The Morgan fingerprint density at radius 2 is 2.05 bits per heavy atom. The van der Waals surface area contributed by atoms with Crippen molar-refractivity contribution in [3.63, 3.8) is 0 Å². The lowest BCUT2D eigenvalue weighted by molar-refractivity contribution is 0.0266. The number of nitrogens with zero attached hydrogens (tertiary/aromatic N) is 1. The minimum Gasteiger partial charge on any atom is -0.444 e. The molecule has 7 heteroatoms. The van der Waals surface area contributed by atoms with Crippen LogP contribution in [0.4, 0.5) is 4.79 Å². The van der Waals surface area contributed by atoms with Crippen LogP contribution in [0.5, 0.6) is 0 Å².